The molecule has 0 aromatic heterocycles. The van der Waals surface area contributed by atoms with Gasteiger partial charge < -0.3 is 5.73 Å². The normalized spacial score (nSPS) is 25.9. The number of halogens is 2. The van der Waals surface area contributed by atoms with Gasteiger partial charge in [0.05, 0.1) is 0 Å². The summed E-state index contributed by atoms with van der Waals surface area (Å²) in [6.45, 7) is 6.95. The largest absolute Gasteiger partial charge is 0.329 e. The van der Waals surface area contributed by atoms with E-state index in [9.17, 15) is 8.78 Å². The summed E-state index contributed by atoms with van der Waals surface area (Å²) in [5.74, 6) is 0. The predicted molar refractivity (Wildman–Crippen MR) is 81.3 cm³/mol. The van der Waals surface area contributed by atoms with Gasteiger partial charge in [-0.05, 0) is 5.56 Å². The molecule has 1 aromatic carbocycles. The van der Waals surface area contributed by atoms with Crippen LogP contribution in [0.4, 0.5) is 8.78 Å². The standard InChI is InChI=1S/C15H22F2N2S/c1-10-8-19(9-11(2)20-10)14(7-18)12-3-5-13(6-4-12)15(16)17/h3-6,10-11,14-15H,7-9,18H2,1-2H3. The van der Waals surface area contributed by atoms with Gasteiger partial charge in [0.25, 0.3) is 6.43 Å². The van der Waals surface area contributed by atoms with E-state index in [-0.39, 0.29) is 11.6 Å². The fraction of sp³-hybridized carbons (Fsp3) is 0.600. The first kappa shape index (κ1) is 15.7. The third-order valence-electron chi connectivity index (χ3n) is 3.69. The third kappa shape index (κ3) is 3.71. The van der Waals surface area contributed by atoms with Gasteiger partial charge in [-0.2, -0.15) is 11.8 Å². The van der Waals surface area contributed by atoms with Crippen molar-refractivity contribution >= 4 is 11.8 Å². The van der Waals surface area contributed by atoms with Gasteiger partial charge >= 0.3 is 0 Å². The molecule has 0 saturated carbocycles. The Morgan fingerprint density at radius 3 is 2.10 bits per heavy atom. The van der Waals surface area contributed by atoms with E-state index in [1.54, 1.807) is 12.1 Å². The molecule has 1 aromatic rings. The Kier molecular flexibility index (Phi) is 5.41. The molecule has 2 nitrogen and oxygen atoms in total. The van der Waals surface area contributed by atoms with E-state index in [2.05, 4.69) is 18.7 Å². The molecule has 5 heteroatoms. The summed E-state index contributed by atoms with van der Waals surface area (Å²) in [7, 11) is 0. The zero-order chi connectivity index (χ0) is 14.7. The molecule has 1 heterocycles. The minimum absolute atomic E-state index is 0.0699. The van der Waals surface area contributed by atoms with E-state index in [1.807, 2.05) is 11.8 Å². The quantitative estimate of drug-likeness (QED) is 0.923. The van der Waals surface area contributed by atoms with Crippen molar-refractivity contribution in [2.75, 3.05) is 19.6 Å². The topological polar surface area (TPSA) is 29.3 Å². The SMILES string of the molecule is CC1CN(C(CN)c2ccc(C(F)F)cc2)CC(C)S1. The van der Waals surface area contributed by atoms with E-state index in [0.29, 0.717) is 17.0 Å². The molecule has 3 unspecified atom stereocenters. The van der Waals surface area contributed by atoms with E-state index < -0.39 is 6.43 Å². The van der Waals surface area contributed by atoms with Crippen molar-refractivity contribution in [2.45, 2.75) is 36.8 Å². The molecule has 0 radical (unpaired) electrons. The van der Waals surface area contributed by atoms with E-state index in [1.165, 1.54) is 12.1 Å². The fourth-order valence-corrected chi connectivity index (χ4v) is 4.18. The number of hydrogen-bond donors (Lipinski definition) is 1. The molecule has 1 aliphatic rings. The van der Waals surface area contributed by atoms with Crippen LogP contribution in [0.2, 0.25) is 0 Å². The first-order chi connectivity index (χ1) is 9.51. The average Bonchev–Trinajstić information content (AvgIpc) is 2.39. The van der Waals surface area contributed by atoms with Crippen molar-refractivity contribution in [1.82, 2.24) is 4.90 Å². The number of nitrogens with zero attached hydrogens (tertiary/aromatic N) is 1. The summed E-state index contributed by atoms with van der Waals surface area (Å²) in [5.41, 5.74) is 7.03. The molecule has 112 valence electrons. The van der Waals surface area contributed by atoms with Crippen LogP contribution in [-0.2, 0) is 0 Å². The molecule has 3 atom stereocenters. The van der Waals surface area contributed by atoms with Gasteiger partial charge in [-0.15, -0.1) is 0 Å². The first-order valence-electron chi connectivity index (χ1n) is 6.98. The minimum Gasteiger partial charge on any atom is -0.329 e. The van der Waals surface area contributed by atoms with Crippen molar-refractivity contribution in [2.24, 2.45) is 5.73 Å². The zero-order valence-electron chi connectivity index (χ0n) is 11.9. The fourth-order valence-electron chi connectivity index (χ4n) is 2.83. The van der Waals surface area contributed by atoms with Gasteiger partial charge in [0, 0.05) is 41.7 Å². The molecule has 1 saturated heterocycles. The lowest BCUT2D eigenvalue weighted by Crippen LogP contribution is -2.44. The van der Waals surface area contributed by atoms with Gasteiger partial charge in [0.1, 0.15) is 0 Å². The van der Waals surface area contributed by atoms with Crippen LogP contribution in [0.1, 0.15) is 37.4 Å². The Morgan fingerprint density at radius 2 is 1.65 bits per heavy atom. The van der Waals surface area contributed by atoms with Crippen LogP contribution in [0.3, 0.4) is 0 Å². The molecule has 2 rings (SSSR count). The van der Waals surface area contributed by atoms with E-state index >= 15 is 0 Å². The van der Waals surface area contributed by atoms with Crippen LogP contribution in [0.15, 0.2) is 24.3 Å². The Bertz CT molecular complexity index is 414. The van der Waals surface area contributed by atoms with Gasteiger partial charge in [-0.1, -0.05) is 38.1 Å². The smallest absolute Gasteiger partial charge is 0.263 e. The maximum absolute atomic E-state index is 12.6. The van der Waals surface area contributed by atoms with Crippen LogP contribution >= 0.6 is 11.8 Å². The minimum atomic E-state index is -2.41. The van der Waals surface area contributed by atoms with Crippen molar-refractivity contribution in [3.05, 3.63) is 35.4 Å². The van der Waals surface area contributed by atoms with Crippen molar-refractivity contribution in [3.63, 3.8) is 0 Å². The van der Waals surface area contributed by atoms with Gasteiger partial charge in [0.2, 0.25) is 0 Å². The number of benzene rings is 1. The van der Waals surface area contributed by atoms with Crippen LogP contribution in [0.5, 0.6) is 0 Å². The molecular formula is C15H22F2N2S. The average molecular weight is 300 g/mol. The van der Waals surface area contributed by atoms with Crippen LogP contribution < -0.4 is 5.73 Å². The lowest BCUT2D eigenvalue weighted by atomic mass is 10.0. The lowest BCUT2D eigenvalue weighted by molar-refractivity contribution is 0.151. The zero-order valence-corrected chi connectivity index (χ0v) is 12.7. The summed E-state index contributed by atoms with van der Waals surface area (Å²) in [5, 5.41) is 1.15. The Hall–Kier alpha value is -0.650. The summed E-state index contributed by atoms with van der Waals surface area (Å²) in [6.07, 6.45) is -2.41. The maximum Gasteiger partial charge on any atom is 0.263 e. The van der Waals surface area contributed by atoms with Crippen molar-refractivity contribution < 1.29 is 8.78 Å². The number of hydrogen-bond acceptors (Lipinski definition) is 3. The van der Waals surface area contributed by atoms with E-state index in [0.717, 1.165) is 18.7 Å². The number of alkyl halides is 2. The van der Waals surface area contributed by atoms with Gasteiger partial charge in [-0.3, -0.25) is 4.90 Å². The van der Waals surface area contributed by atoms with Gasteiger partial charge in [-0.25, -0.2) is 8.78 Å². The summed E-state index contributed by atoms with van der Waals surface area (Å²) in [6, 6.07) is 6.71. The highest BCUT2D eigenvalue weighted by Gasteiger charge is 2.28. The second-order valence-electron chi connectivity index (χ2n) is 5.43. The highest BCUT2D eigenvalue weighted by Crippen LogP contribution is 2.31. The Balaban J connectivity index is 2.14. The summed E-state index contributed by atoms with van der Waals surface area (Å²) in [4.78, 5) is 2.38. The lowest BCUT2D eigenvalue weighted by Gasteiger charge is -2.39. The summed E-state index contributed by atoms with van der Waals surface area (Å²) >= 11 is 1.99. The molecule has 2 N–H and O–H groups in total. The first-order valence-corrected chi connectivity index (χ1v) is 7.93. The van der Waals surface area contributed by atoms with Crippen LogP contribution in [0, 0.1) is 0 Å². The molecule has 0 aliphatic carbocycles. The third-order valence-corrected chi connectivity index (χ3v) is 4.91. The maximum atomic E-state index is 12.6. The molecule has 20 heavy (non-hydrogen) atoms. The Labute approximate surface area is 123 Å². The molecule has 1 fully saturated rings. The Morgan fingerprint density at radius 1 is 1.15 bits per heavy atom. The van der Waals surface area contributed by atoms with E-state index in [4.69, 9.17) is 5.73 Å². The molecule has 0 bridgehead atoms. The number of thioether (sulfide) groups is 1. The number of rotatable bonds is 4. The molecule has 1 aliphatic heterocycles. The highest BCUT2D eigenvalue weighted by atomic mass is 32.2. The van der Waals surface area contributed by atoms with Crippen LogP contribution in [-0.4, -0.2) is 35.0 Å². The summed E-state index contributed by atoms with van der Waals surface area (Å²) < 4.78 is 25.2. The molecule has 0 spiro atoms. The highest BCUT2D eigenvalue weighted by molar-refractivity contribution is 8.00. The van der Waals surface area contributed by atoms with Crippen molar-refractivity contribution in [1.29, 1.82) is 0 Å². The molecular weight excluding hydrogens is 278 g/mol. The second kappa shape index (κ2) is 6.87. The van der Waals surface area contributed by atoms with Gasteiger partial charge in [0.15, 0.2) is 0 Å². The van der Waals surface area contributed by atoms with Crippen molar-refractivity contribution in [3.8, 4) is 0 Å². The van der Waals surface area contributed by atoms with Crippen LogP contribution in [0.25, 0.3) is 0 Å². The predicted octanol–water partition coefficient (Wildman–Crippen LogP) is 3.45. The second-order valence-corrected chi connectivity index (χ2v) is 7.31. The molecule has 0 amide bonds. The monoisotopic (exact) mass is 300 g/mol. The number of nitrogens with two attached hydrogens (primary N) is 1.